The molecule has 0 bridgehead atoms. The van der Waals surface area contributed by atoms with Crippen LogP contribution in [0.4, 0.5) is 0 Å². The first kappa shape index (κ1) is 5.42. The number of hydrogen-bond acceptors (Lipinski definition) is 2. The Bertz CT molecular complexity index is 144. The van der Waals surface area contributed by atoms with Crippen LogP contribution in [0.25, 0.3) is 0 Å². The van der Waals surface area contributed by atoms with Crippen molar-refractivity contribution in [2.24, 2.45) is 5.92 Å². The SMILES string of the molecule is O=C1CCNC2CCC12. The van der Waals surface area contributed by atoms with Crippen LogP contribution < -0.4 is 5.32 Å². The molecule has 2 aliphatic rings. The first-order valence-electron chi connectivity index (χ1n) is 3.64. The number of Topliss-reactive ketones (excluding diaryl/α,β-unsaturated/α-hetero) is 1. The number of carbonyl (C=O) groups excluding carboxylic acids is 1. The summed E-state index contributed by atoms with van der Waals surface area (Å²) in [5.41, 5.74) is 0. The second-order valence-corrected chi connectivity index (χ2v) is 2.96. The molecule has 2 heteroatoms. The molecule has 0 radical (unpaired) electrons. The third-order valence-corrected chi connectivity index (χ3v) is 2.47. The average molecular weight is 125 g/mol. The van der Waals surface area contributed by atoms with E-state index >= 15 is 0 Å². The lowest BCUT2D eigenvalue weighted by Crippen LogP contribution is -2.52. The van der Waals surface area contributed by atoms with Crippen LogP contribution in [0, 0.1) is 5.92 Å². The zero-order chi connectivity index (χ0) is 6.27. The number of piperidine rings is 1. The van der Waals surface area contributed by atoms with E-state index in [0.717, 1.165) is 19.4 Å². The second-order valence-electron chi connectivity index (χ2n) is 2.96. The molecule has 2 unspecified atom stereocenters. The summed E-state index contributed by atoms with van der Waals surface area (Å²) >= 11 is 0. The molecule has 50 valence electrons. The van der Waals surface area contributed by atoms with E-state index in [2.05, 4.69) is 5.32 Å². The van der Waals surface area contributed by atoms with Crippen LogP contribution in [0.5, 0.6) is 0 Å². The monoisotopic (exact) mass is 125 g/mol. The van der Waals surface area contributed by atoms with Crippen molar-refractivity contribution >= 4 is 5.78 Å². The third-order valence-electron chi connectivity index (χ3n) is 2.47. The van der Waals surface area contributed by atoms with Crippen LogP contribution in [0.15, 0.2) is 0 Å². The van der Waals surface area contributed by atoms with Crippen LogP contribution >= 0.6 is 0 Å². The van der Waals surface area contributed by atoms with Crippen LogP contribution in [-0.2, 0) is 4.79 Å². The number of carbonyl (C=O) groups is 1. The molecule has 2 rings (SSSR count). The van der Waals surface area contributed by atoms with E-state index in [1.807, 2.05) is 0 Å². The van der Waals surface area contributed by atoms with Crippen molar-refractivity contribution in [3.8, 4) is 0 Å². The van der Waals surface area contributed by atoms with Gasteiger partial charge in [-0.2, -0.15) is 0 Å². The average Bonchev–Trinajstić information content (AvgIpc) is 1.74. The first-order chi connectivity index (χ1) is 4.38. The lowest BCUT2D eigenvalue weighted by molar-refractivity contribution is -0.128. The number of hydrogen-bond donors (Lipinski definition) is 1. The fraction of sp³-hybridized carbons (Fsp3) is 0.857. The van der Waals surface area contributed by atoms with Gasteiger partial charge >= 0.3 is 0 Å². The minimum atomic E-state index is 0.402. The van der Waals surface area contributed by atoms with Crippen LogP contribution in [0.2, 0.25) is 0 Å². The van der Waals surface area contributed by atoms with Crippen molar-refractivity contribution in [3.63, 3.8) is 0 Å². The number of fused-ring (bicyclic) bond motifs is 1. The molecule has 1 saturated carbocycles. The molecular formula is C7H11NO. The van der Waals surface area contributed by atoms with Crippen LogP contribution in [-0.4, -0.2) is 18.4 Å². The lowest BCUT2D eigenvalue weighted by atomic mass is 9.74. The van der Waals surface area contributed by atoms with Gasteiger partial charge in [0.2, 0.25) is 0 Å². The highest BCUT2D eigenvalue weighted by atomic mass is 16.1. The summed E-state index contributed by atoms with van der Waals surface area (Å²) in [7, 11) is 0. The van der Waals surface area contributed by atoms with E-state index in [9.17, 15) is 4.79 Å². The van der Waals surface area contributed by atoms with Crippen molar-refractivity contribution in [2.75, 3.05) is 6.54 Å². The molecule has 1 heterocycles. The fourth-order valence-electron chi connectivity index (χ4n) is 1.70. The summed E-state index contributed by atoms with van der Waals surface area (Å²) in [6.07, 6.45) is 3.12. The molecule has 0 aromatic rings. The molecule has 0 spiro atoms. The van der Waals surface area contributed by atoms with E-state index in [1.54, 1.807) is 0 Å². The Labute approximate surface area is 54.6 Å². The highest BCUT2D eigenvalue weighted by molar-refractivity contribution is 5.83. The topological polar surface area (TPSA) is 29.1 Å². The van der Waals surface area contributed by atoms with E-state index < -0.39 is 0 Å². The van der Waals surface area contributed by atoms with Crippen molar-refractivity contribution in [3.05, 3.63) is 0 Å². The zero-order valence-corrected chi connectivity index (χ0v) is 5.39. The number of ketones is 1. The molecule has 2 atom stereocenters. The van der Waals surface area contributed by atoms with E-state index in [1.165, 1.54) is 6.42 Å². The fourth-order valence-corrected chi connectivity index (χ4v) is 1.70. The van der Waals surface area contributed by atoms with Crippen LogP contribution in [0.1, 0.15) is 19.3 Å². The van der Waals surface area contributed by atoms with Crippen molar-refractivity contribution in [1.82, 2.24) is 5.32 Å². The van der Waals surface area contributed by atoms with Crippen molar-refractivity contribution < 1.29 is 4.79 Å². The van der Waals surface area contributed by atoms with Crippen molar-refractivity contribution in [1.29, 1.82) is 0 Å². The molecule has 2 nitrogen and oxygen atoms in total. The molecule has 1 aliphatic heterocycles. The normalized spacial score (nSPS) is 41.6. The van der Waals surface area contributed by atoms with Gasteiger partial charge in [-0.15, -0.1) is 0 Å². The predicted molar refractivity (Wildman–Crippen MR) is 34.1 cm³/mol. The highest BCUT2D eigenvalue weighted by Crippen LogP contribution is 2.31. The third kappa shape index (κ3) is 0.697. The maximum atomic E-state index is 11.0. The minimum Gasteiger partial charge on any atom is -0.313 e. The van der Waals surface area contributed by atoms with Gasteiger partial charge in [0, 0.05) is 24.9 Å². The molecule has 0 aromatic heterocycles. The molecule has 0 aromatic carbocycles. The smallest absolute Gasteiger partial charge is 0.138 e. The first-order valence-corrected chi connectivity index (χ1v) is 3.64. The van der Waals surface area contributed by atoms with Gasteiger partial charge in [-0.1, -0.05) is 0 Å². The largest absolute Gasteiger partial charge is 0.313 e. The van der Waals surface area contributed by atoms with E-state index in [4.69, 9.17) is 0 Å². The molecule has 1 N–H and O–H groups in total. The quantitative estimate of drug-likeness (QED) is 0.505. The van der Waals surface area contributed by atoms with Gasteiger partial charge in [0.25, 0.3) is 0 Å². The summed E-state index contributed by atoms with van der Waals surface area (Å²) in [5.74, 6) is 0.892. The van der Waals surface area contributed by atoms with Gasteiger partial charge in [0.1, 0.15) is 5.78 Å². The van der Waals surface area contributed by atoms with Crippen molar-refractivity contribution in [2.45, 2.75) is 25.3 Å². The summed E-state index contributed by atoms with van der Waals surface area (Å²) in [5, 5.41) is 3.33. The van der Waals surface area contributed by atoms with Crippen LogP contribution in [0.3, 0.4) is 0 Å². The standard InChI is InChI=1S/C7H11NO/c9-7-3-4-8-6-2-1-5(6)7/h5-6,8H,1-4H2. The van der Waals surface area contributed by atoms with Gasteiger partial charge in [0.15, 0.2) is 0 Å². The Kier molecular flexibility index (Phi) is 1.09. The summed E-state index contributed by atoms with van der Waals surface area (Å²) in [6, 6.07) is 0.561. The van der Waals surface area contributed by atoms with E-state index in [-0.39, 0.29) is 0 Å². The maximum Gasteiger partial charge on any atom is 0.138 e. The number of rotatable bonds is 0. The lowest BCUT2D eigenvalue weighted by Gasteiger charge is -2.39. The molecule has 1 saturated heterocycles. The van der Waals surface area contributed by atoms with Gasteiger partial charge in [0.05, 0.1) is 0 Å². The molecular weight excluding hydrogens is 114 g/mol. The molecule has 9 heavy (non-hydrogen) atoms. The summed E-state index contributed by atoms with van der Waals surface area (Å²) in [4.78, 5) is 11.0. The molecule has 0 amide bonds. The van der Waals surface area contributed by atoms with Gasteiger partial charge in [-0.05, 0) is 12.8 Å². The predicted octanol–water partition coefficient (Wildman–Crippen LogP) is 0.327. The van der Waals surface area contributed by atoms with Gasteiger partial charge in [-0.25, -0.2) is 0 Å². The molecule has 1 aliphatic carbocycles. The zero-order valence-electron chi connectivity index (χ0n) is 5.39. The van der Waals surface area contributed by atoms with Gasteiger partial charge < -0.3 is 5.32 Å². The Balaban J connectivity index is 2.06. The summed E-state index contributed by atoms with van der Waals surface area (Å²) < 4.78 is 0. The Morgan fingerprint density at radius 1 is 1.44 bits per heavy atom. The Hall–Kier alpha value is -0.370. The van der Waals surface area contributed by atoms with Gasteiger partial charge in [-0.3, -0.25) is 4.79 Å². The Morgan fingerprint density at radius 2 is 2.33 bits per heavy atom. The second kappa shape index (κ2) is 1.81. The summed E-state index contributed by atoms with van der Waals surface area (Å²) in [6.45, 7) is 0.917. The number of nitrogens with one attached hydrogen (secondary N) is 1. The molecule has 2 fully saturated rings. The van der Waals surface area contributed by atoms with E-state index in [0.29, 0.717) is 17.7 Å². The Morgan fingerprint density at radius 3 is 2.78 bits per heavy atom. The highest BCUT2D eigenvalue weighted by Gasteiger charge is 2.38. The maximum absolute atomic E-state index is 11.0. The minimum absolute atomic E-state index is 0.402.